The van der Waals surface area contributed by atoms with Crippen LogP contribution in [0.15, 0.2) is 73.3 Å². The van der Waals surface area contributed by atoms with Crippen molar-refractivity contribution < 1.29 is 23.9 Å². The minimum Gasteiger partial charge on any atom is -0.461 e. The van der Waals surface area contributed by atoms with Crippen LogP contribution in [0.2, 0.25) is 0 Å². The molecular formula is C27H33NO5. The zero-order chi connectivity index (χ0) is 24.1. The molecule has 2 atom stereocenters. The van der Waals surface area contributed by atoms with Crippen LogP contribution in [0.5, 0.6) is 0 Å². The monoisotopic (exact) mass is 451 g/mol. The number of rotatable bonds is 13. The number of aryl methyl sites for hydroxylation is 1. The molecule has 6 nitrogen and oxygen atoms in total. The van der Waals surface area contributed by atoms with E-state index in [1.165, 1.54) is 6.08 Å². The molecule has 0 saturated heterocycles. The molecule has 1 amide bonds. The number of ether oxygens (including phenoxy) is 2. The number of ketones is 1. The highest BCUT2D eigenvalue weighted by atomic mass is 16.5. The van der Waals surface area contributed by atoms with E-state index in [-0.39, 0.29) is 31.3 Å². The third-order valence-corrected chi connectivity index (χ3v) is 5.09. The van der Waals surface area contributed by atoms with Crippen molar-refractivity contribution in [2.75, 3.05) is 6.61 Å². The number of benzene rings is 2. The number of hydrogen-bond acceptors (Lipinski definition) is 5. The third-order valence-electron chi connectivity index (χ3n) is 5.09. The molecule has 2 rings (SSSR count). The number of esters is 1. The van der Waals surface area contributed by atoms with Crippen LogP contribution in [-0.4, -0.2) is 30.5 Å². The van der Waals surface area contributed by atoms with Crippen LogP contribution < -0.4 is 5.32 Å². The first-order valence-electron chi connectivity index (χ1n) is 11.2. The molecule has 1 unspecified atom stereocenters. The Morgan fingerprint density at radius 2 is 1.55 bits per heavy atom. The highest BCUT2D eigenvalue weighted by Crippen LogP contribution is 2.18. The summed E-state index contributed by atoms with van der Waals surface area (Å²) in [6.07, 6.45) is 1.97. The summed E-state index contributed by atoms with van der Waals surface area (Å²) in [5.41, 5.74) is 1.86. The number of nitrogens with one attached hydrogen (secondary N) is 1. The first-order valence-corrected chi connectivity index (χ1v) is 11.2. The fourth-order valence-electron chi connectivity index (χ4n) is 3.44. The standard InChI is InChI=1S/C27H33NO5/c1-4-17-32-26(30)23(16-15-21-11-7-5-8-12-21)25(29)24(18-20(2)3)28-27(31)33-19-22-13-9-6-10-14-22/h4-14,20,23-24H,1,15-19H2,2-3H3,(H,28,31)/t23?,24-/m0/s1. The van der Waals surface area contributed by atoms with E-state index < -0.39 is 24.0 Å². The Morgan fingerprint density at radius 3 is 2.12 bits per heavy atom. The van der Waals surface area contributed by atoms with Gasteiger partial charge in [0.2, 0.25) is 0 Å². The van der Waals surface area contributed by atoms with Crippen molar-refractivity contribution in [1.29, 1.82) is 0 Å². The summed E-state index contributed by atoms with van der Waals surface area (Å²) in [4.78, 5) is 38.6. The molecule has 0 bridgehead atoms. The third kappa shape index (κ3) is 9.31. The zero-order valence-electron chi connectivity index (χ0n) is 19.4. The van der Waals surface area contributed by atoms with Gasteiger partial charge in [0.25, 0.3) is 0 Å². The number of carbonyl (C=O) groups excluding carboxylic acids is 3. The van der Waals surface area contributed by atoms with Gasteiger partial charge in [0.15, 0.2) is 5.78 Å². The van der Waals surface area contributed by atoms with Crippen LogP contribution in [-0.2, 0) is 32.1 Å². The molecule has 33 heavy (non-hydrogen) atoms. The lowest BCUT2D eigenvalue weighted by Crippen LogP contribution is -2.46. The second-order valence-corrected chi connectivity index (χ2v) is 8.29. The minimum absolute atomic E-state index is 0.0232. The Bertz CT molecular complexity index is 895. The Kier molecular flexibility index (Phi) is 10.9. The van der Waals surface area contributed by atoms with Gasteiger partial charge in [-0.05, 0) is 36.3 Å². The van der Waals surface area contributed by atoms with Crippen molar-refractivity contribution >= 4 is 17.8 Å². The van der Waals surface area contributed by atoms with Crippen molar-refractivity contribution in [3.05, 3.63) is 84.4 Å². The van der Waals surface area contributed by atoms with Gasteiger partial charge < -0.3 is 14.8 Å². The molecule has 1 N–H and O–H groups in total. The summed E-state index contributed by atoms with van der Waals surface area (Å²) < 4.78 is 10.5. The van der Waals surface area contributed by atoms with Gasteiger partial charge in [-0.1, -0.05) is 87.2 Å². The van der Waals surface area contributed by atoms with E-state index in [9.17, 15) is 14.4 Å². The van der Waals surface area contributed by atoms with Crippen molar-refractivity contribution in [1.82, 2.24) is 5.32 Å². The lowest BCUT2D eigenvalue weighted by molar-refractivity contribution is -0.151. The average Bonchev–Trinajstić information content (AvgIpc) is 2.82. The molecule has 0 spiro atoms. The van der Waals surface area contributed by atoms with E-state index >= 15 is 0 Å². The summed E-state index contributed by atoms with van der Waals surface area (Å²) in [5, 5.41) is 2.67. The Labute approximate surface area is 196 Å². The number of hydrogen-bond donors (Lipinski definition) is 1. The summed E-state index contributed by atoms with van der Waals surface area (Å²) >= 11 is 0. The maximum atomic E-state index is 13.4. The largest absolute Gasteiger partial charge is 0.461 e. The minimum atomic E-state index is -0.997. The van der Waals surface area contributed by atoms with Crippen molar-refractivity contribution in [3.63, 3.8) is 0 Å². The first-order chi connectivity index (χ1) is 15.9. The maximum absolute atomic E-state index is 13.4. The van der Waals surface area contributed by atoms with E-state index in [0.717, 1.165) is 11.1 Å². The van der Waals surface area contributed by atoms with Crippen LogP contribution in [0.1, 0.15) is 37.8 Å². The Morgan fingerprint density at radius 1 is 0.939 bits per heavy atom. The normalized spacial score (nSPS) is 12.5. The summed E-state index contributed by atoms with van der Waals surface area (Å²) in [6.45, 7) is 7.57. The molecule has 0 radical (unpaired) electrons. The van der Waals surface area contributed by atoms with Gasteiger partial charge in [-0.25, -0.2) is 4.79 Å². The fraction of sp³-hybridized carbons (Fsp3) is 0.370. The van der Waals surface area contributed by atoms with Crippen molar-refractivity contribution in [3.8, 4) is 0 Å². The van der Waals surface area contributed by atoms with Gasteiger partial charge in [0, 0.05) is 0 Å². The Balaban J connectivity index is 2.10. The summed E-state index contributed by atoms with van der Waals surface area (Å²) in [7, 11) is 0. The maximum Gasteiger partial charge on any atom is 0.408 e. The summed E-state index contributed by atoms with van der Waals surface area (Å²) in [5.74, 6) is -1.86. The van der Waals surface area contributed by atoms with E-state index in [2.05, 4.69) is 11.9 Å². The molecule has 0 aliphatic rings. The van der Waals surface area contributed by atoms with Gasteiger partial charge in [0.1, 0.15) is 19.1 Å². The van der Waals surface area contributed by atoms with E-state index in [1.807, 2.05) is 74.5 Å². The van der Waals surface area contributed by atoms with Crippen LogP contribution in [0.4, 0.5) is 4.79 Å². The topological polar surface area (TPSA) is 81.7 Å². The SMILES string of the molecule is C=CCOC(=O)C(CCc1ccccc1)C(=O)[C@H](CC(C)C)NC(=O)OCc1ccccc1. The molecule has 0 aromatic heterocycles. The van der Waals surface area contributed by atoms with E-state index in [0.29, 0.717) is 12.8 Å². The van der Waals surface area contributed by atoms with Crippen LogP contribution >= 0.6 is 0 Å². The first kappa shape index (κ1) is 25.8. The highest BCUT2D eigenvalue weighted by molar-refractivity contribution is 6.02. The van der Waals surface area contributed by atoms with Crippen LogP contribution in [0, 0.1) is 11.8 Å². The van der Waals surface area contributed by atoms with Crippen molar-refractivity contribution in [2.45, 2.75) is 45.8 Å². The van der Waals surface area contributed by atoms with E-state index in [1.54, 1.807) is 0 Å². The summed E-state index contributed by atoms with van der Waals surface area (Å²) in [6, 6.07) is 18.0. The van der Waals surface area contributed by atoms with Gasteiger partial charge >= 0.3 is 12.1 Å². The van der Waals surface area contributed by atoms with Crippen LogP contribution in [0.3, 0.4) is 0 Å². The van der Waals surface area contributed by atoms with Gasteiger partial charge in [-0.3, -0.25) is 9.59 Å². The van der Waals surface area contributed by atoms with E-state index in [4.69, 9.17) is 9.47 Å². The number of amides is 1. The molecule has 0 aliphatic heterocycles. The Hall–Kier alpha value is -3.41. The molecule has 2 aromatic rings. The molecular weight excluding hydrogens is 418 g/mol. The fourth-order valence-corrected chi connectivity index (χ4v) is 3.44. The predicted octanol–water partition coefficient (Wildman–Crippen LogP) is 4.87. The van der Waals surface area contributed by atoms with Gasteiger partial charge in [-0.15, -0.1) is 0 Å². The molecule has 6 heteroatoms. The van der Waals surface area contributed by atoms with Gasteiger partial charge in [0.05, 0.1) is 6.04 Å². The highest BCUT2D eigenvalue weighted by Gasteiger charge is 2.34. The zero-order valence-corrected chi connectivity index (χ0v) is 19.4. The molecule has 0 fully saturated rings. The lowest BCUT2D eigenvalue weighted by atomic mass is 9.88. The van der Waals surface area contributed by atoms with Crippen molar-refractivity contribution in [2.24, 2.45) is 11.8 Å². The molecule has 2 aromatic carbocycles. The molecule has 0 saturated carbocycles. The predicted molar refractivity (Wildman–Crippen MR) is 127 cm³/mol. The number of Topliss-reactive ketones (excluding diaryl/α,β-unsaturated/α-hetero) is 1. The number of carbonyl (C=O) groups is 3. The second-order valence-electron chi connectivity index (χ2n) is 8.29. The van der Waals surface area contributed by atoms with Gasteiger partial charge in [-0.2, -0.15) is 0 Å². The quantitative estimate of drug-likeness (QED) is 0.267. The smallest absolute Gasteiger partial charge is 0.408 e. The molecule has 0 aliphatic carbocycles. The number of alkyl carbamates (subject to hydrolysis) is 1. The molecule has 0 heterocycles. The second kappa shape index (κ2) is 13.9. The van der Waals surface area contributed by atoms with Crippen LogP contribution in [0.25, 0.3) is 0 Å². The lowest BCUT2D eigenvalue weighted by Gasteiger charge is -2.23. The molecule has 176 valence electrons. The average molecular weight is 452 g/mol.